The molecule has 1 saturated heterocycles. The molecule has 3 aromatic carbocycles. The fourth-order valence-electron chi connectivity index (χ4n) is 3.22. The molecule has 1 aliphatic heterocycles. The first-order chi connectivity index (χ1) is 12.7. The maximum atomic E-state index is 13.0. The fraction of sp³-hybridized carbons (Fsp3) is 0.136. The first kappa shape index (κ1) is 17.2. The Labute approximate surface area is 162 Å². The summed E-state index contributed by atoms with van der Waals surface area (Å²) >= 11 is 7.91. The zero-order valence-corrected chi connectivity index (χ0v) is 15.7. The lowest BCUT2D eigenvalue weighted by Crippen LogP contribution is -2.30. The number of carbonyl (C=O) groups excluding carboxylic acids is 1. The van der Waals surface area contributed by atoms with E-state index < -0.39 is 0 Å². The maximum Gasteiger partial charge on any atom is 0.255 e. The van der Waals surface area contributed by atoms with Gasteiger partial charge in [-0.25, -0.2) is 0 Å². The second kappa shape index (κ2) is 7.56. The minimum Gasteiger partial charge on any atom is -0.322 e. The van der Waals surface area contributed by atoms with Gasteiger partial charge < -0.3 is 4.90 Å². The summed E-state index contributed by atoms with van der Waals surface area (Å²) in [4.78, 5) is 15.0. The molecule has 0 bridgehead atoms. The highest BCUT2D eigenvalue weighted by Gasteiger charge is 2.31. The number of hydrogen-bond acceptors (Lipinski definition) is 2. The number of hydrogen-bond donors (Lipinski definition) is 0. The first-order valence-corrected chi connectivity index (χ1v) is 9.98. The van der Waals surface area contributed by atoms with Crippen LogP contribution in [0, 0.1) is 0 Å². The summed E-state index contributed by atoms with van der Waals surface area (Å²) in [5.41, 5.74) is 4.07. The zero-order chi connectivity index (χ0) is 17.9. The molecule has 0 radical (unpaired) electrons. The minimum atomic E-state index is 0.0231. The summed E-state index contributed by atoms with van der Waals surface area (Å²) in [5, 5.41) is 0.726. The van der Waals surface area contributed by atoms with Crippen LogP contribution in [0.25, 0.3) is 11.1 Å². The van der Waals surface area contributed by atoms with E-state index in [0.29, 0.717) is 5.02 Å². The molecule has 0 N–H and O–H groups in total. The average Bonchev–Trinajstić information content (AvgIpc) is 3.18. The lowest BCUT2D eigenvalue weighted by atomic mass is 10.0. The fourth-order valence-corrected chi connectivity index (χ4v) is 4.66. The lowest BCUT2D eigenvalue weighted by Gasteiger charge is -2.24. The smallest absolute Gasteiger partial charge is 0.255 e. The second-order valence-corrected chi connectivity index (χ2v) is 7.84. The molecular formula is C22H18ClNOS. The van der Waals surface area contributed by atoms with Gasteiger partial charge in [0.15, 0.2) is 0 Å². The van der Waals surface area contributed by atoms with E-state index in [1.165, 1.54) is 0 Å². The van der Waals surface area contributed by atoms with Crippen LogP contribution in [0.5, 0.6) is 0 Å². The van der Waals surface area contributed by atoms with Crippen molar-refractivity contribution < 1.29 is 4.79 Å². The van der Waals surface area contributed by atoms with Crippen molar-refractivity contribution in [1.82, 2.24) is 4.90 Å². The van der Waals surface area contributed by atoms with Crippen LogP contribution in [0.1, 0.15) is 21.3 Å². The number of nitrogens with zero attached hydrogens (tertiary/aromatic N) is 1. The van der Waals surface area contributed by atoms with E-state index in [9.17, 15) is 4.79 Å². The van der Waals surface area contributed by atoms with Gasteiger partial charge >= 0.3 is 0 Å². The highest BCUT2D eigenvalue weighted by molar-refractivity contribution is 7.99. The number of thioether (sulfide) groups is 1. The molecule has 26 heavy (non-hydrogen) atoms. The highest BCUT2D eigenvalue weighted by atomic mass is 35.5. The third-order valence-electron chi connectivity index (χ3n) is 4.52. The molecule has 2 nitrogen and oxygen atoms in total. The van der Waals surface area contributed by atoms with Crippen LogP contribution in [-0.2, 0) is 0 Å². The van der Waals surface area contributed by atoms with Gasteiger partial charge in [0.25, 0.3) is 5.91 Å². The van der Waals surface area contributed by atoms with Gasteiger partial charge in [0.2, 0.25) is 0 Å². The molecule has 4 rings (SSSR count). The topological polar surface area (TPSA) is 20.3 Å². The SMILES string of the molecule is O=C(c1ccc(-c2ccccc2)cc1)N1CCSC1c1cccc(Cl)c1. The van der Waals surface area contributed by atoms with Crippen LogP contribution in [0.2, 0.25) is 5.02 Å². The first-order valence-electron chi connectivity index (χ1n) is 8.56. The standard InChI is InChI=1S/C22H18ClNOS/c23-20-8-4-7-19(15-20)22-24(13-14-26-22)21(25)18-11-9-17(10-12-18)16-5-2-1-3-6-16/h1-12,15,22H,13-14H2. The Morgan fingerprint density at radius 3 is 2.38 bits per heavy atom. The number of amides is 1. The number of halogens is 1. The molecule has 1 fully saturated rings. The van der Waals surface area contributed by atoms with Crippen LogP contribution >= 0.6 is 23.4 Å². The van der Waals surface area contributed by atoms with E-state index in [0.717, 1.165) is 34.6 Å². The van der Waals surface area contributed by atoms with Gasteiger partial charge in [-0.1, -0.05) is 66.2 Å². The molecule has 0 aliphatic carbocycles. The Morgan fingerprint density at radius 2 is 1.65 bits per heavy atom. The van der Waals surface area contributed by atoms with Gasteiger partial charge in [0.1, 0.15) is 5.37 Å². The number of rotatable bonds is 3. The maximum absolute atomic E-state index is 13.0. The molecule has 130 valence electrons. The Balaban J connectivity index is 1.57. The van der Waals surface area contributed by atoms with E-state index in [1.807, 2.05) is 71.6 Å². The molecule has 4 heteroatoms. The molecule has 3 aromatic rings. The summed E-state index contributed by atoms with van der Waals surface area (Å²) in [6.07, 6.45) is 0. The molecule has 0 spiro atoms. The van der Waals surface area contributed by atoms with Crippen LogP contribution in [0.4, 0.5) is 0 Å². The normalized spacial score (nSPS) is 16.7. The number of carbonyl (C=O) groups is 1. The largest absolute Gasteiger partial charge is 0.322 e. The van der Waals surface area contributed by atoms with E-state index in [1.54, 1.807) is 11.8 Å². The van der Waals surface area contributed by atoms with Crippen molar-refractivity contribution in [3.63, 3.8) is 0 Å². The van der Waals surface area contributed by atoms with Crippen molar-refractivity contribution in [2.45, 2.75) is 5.37 Å². The molecule has 0 aromatic heterocycles. The van der Waals surface area contributed by atoms with Gasteiger partial charge in [0.05, 0.1) is 0 Å². The summed E-state index contributed by atoms with van der Waals surface area (Å²) in [6, 6.07) is 25.8. The molecule has 1 atom stereocenters. The molecular weight excluding hydrogens is 362 g/mol. The predicted molar refractivity (Wildman–Crippen MR) is 110 cm³/mol. The molecule has 1 unspecified atom stereocenters. The Bertz CT molecular complexity index is 911. The lowest BCUT2D eigenvalue weighted by molar-refractivity contribution is 0.0760. The van der Waals surface area contributed by atoms with Crippen LogP contribution in [-0.4, -0.2) is 23.1 Å². The van der Waals surface area contributed by atoms with Crippen molar-refractivity contribution in [2.75, 3.05) is 12.3 Å². The van der Waals surface area contributed by atoms with Crippen molar-refractivity contribution in [2.24, 2.45) is 0 Å². The van der Waals surface area contributed by atoms with Crippen LogP contribution < -0.4 is 0 Å². The van der Waals surface area contributed by atoms with Crippen molar-refractivity contribution in [3.05, 3.63) is 95.0 Å². The summed E-state index contributed by atoms with van der Waals surface area (Å²) < 4.78 is 0. The van der Waals surface area contributed by atoms with Gasteiger partial charge in [0, 0.05) is 22.9 Å². The van der Waals surface area contributed by atoms with Crippen LogP contribution in [0.3, 0.4) is 0 Å². The van der Waals surface area contributed by atoms with Gasteiger partial charge in [-0.05, 0) is 41.0 Å². The molecule has 1 heterocycles. The number of benzene rings is 3. The van der Waals surface area contributed by atoms with Crippen LogP contribution in [0.15, 0.2) is 78.9 Å². The van der Waals surface area contributed by atoms with Gasteiger partial charge in [-0.2, -0.15) is 0 Å². The van der Waals surface area contributed by atoms with Crippen molar-refractivity contribution in [3.8, 4) is 11.1 Å². The summed E-state index contributed by atoms with van der Waals surface area (Å²) in [6.45, 7) is 0.751. The minimum absolute atomic E-state index is 0.0231. The molecule has 1 aliphatic rings. The molecule has 0 saturated carbocycles. The van der Waals surface area contributed by atoms with Crippen molar-refractivity contribution in [1.29, 1.82) is 0 Å². The van der Waals surface area contributed by atoms with E-state index in [4.69, 9.17) is 11.6 Å². The van der Waals surface area contributed by atoms with Gasteiger partial charge in [-0.3, -0.25) is 4.79 Å². The average molecular weight is 380 g/mol. The van der Waals surface area contributed by atoms with Gasteiger partial charge in [-0.15, -0.1) is 11.8 Å². The van der Waals surface area contributed by atoms with Crippen molar-refractivity contribution >= 4 is 29.3 Å². The monoisotopic (exact) mass is 379 g/mol. The Kier molecular flexibility index (Phi) is 5.00. The van der Waals surface area contributed by atoms with E-state index in [2.05, 4.69) is 12.1 Å². The Morgan fingerprint density at radius 1 is 0.923 bits per heavy atom. The van der Waals surface area contributed by atoms with E-state index >= 15 is 0 Å². The summed E-state index contributed by atoms with van der Waals surface area (Å²) in [5.74, 6) is 1.00. The molecule has 1 amide bonds. The quantitative estimate of drug-likeness (QED) is 0.565. The predicted octanol–water partition coefficient (Wildman–Crippen LogP) is 5.89. The highest BCUT2D eigenvalue weighted by Crippen LogP contribution is 2.39. The third-order valence-corrected chi connectivity index (χ3v) is 6.02. The zero-order valence-electron chi connectivity index (χ0n) is 14.1. The second-order valence-electron chi connectivity index (χ2n) is 6.22. The Hall–Kier alpha value is -2.23. The van der Waals surface area contributed by atoms with E-state index in [-0.39, 0.29) is 11.3 Å². The summed E-state index contributed by atoms with van der Waals surface area (Å²) in [7, 11) is 0. The third kappa shape index (κ3) is 3.50.